The number of ether oxygens (including phenoxy) is 1. The predicted molar refractivity (Wildman–Crippen MR) is 66.7 cm³/mol. The number of likely N-dealkylation sites (N-methyl/N-ethyl adjacent to an activating group) is 1. The molecule has 0 aromatic carbocycles. The number of hydrogen-bond donors (Lipinski definition) is 0. The molecule has 0 bridgehead atoms. The minimum absolute atomic E-state index is 0.0394. The minimum Gasteiger partial charge on any atom is -0.461 e. The van der Waals surface area contributed by atoms with Crippen LogP contribution in [0.3, 0.4) is 0 Å². The molecule has 0 saturated heterocycles. The summed E-state index contributed by atoms with van der Waals surface area (Å²) in [4.78, 5) is 25.0. The average Bonchev–Trinajstić information content (AvgIpc) is 3.18. The van der Waals surface area contributed by atoms with Gasteiger partial charge in [0.05, 0.1) is 6.61 Å². The normalized spacial score (nSPS) is 14.3. The topological polar surface area (TPSA) is 77.3 Å². The van der Waals surface area contributed by atoms with Gasteiger partial charge in [-0.2, -0.15) is 0 Å². The first-order valence-electron chi connectivity index (χ1n) is 6.60. The van der Waals surface area contributed by atoms with E-state index in [-0.39, 0.29) is 25.1 Å². The molecule has 1 fully saturated rings. The van der Waals surface area contributed by atoms with E-state index in [0.29, 0.717) is 0 Å². The Hall–Kier alpha value is -2.06. The van der Waals surface area contributed by atoms with Gasteiger partial charge in [-0.05, 0) is 19.8 Å². The van der Waals surface area contributed by atoms with Gasteiger partial charge < -0.3 is 9.64 Å². The molecule has 1 heterocycles. The average molecular weight is 302 g/mol. The van der Waals surface area contributed by atoms with Gasteiger partial charge in [0.25, 0.3) is 6.43 Å². The van der Waals surface area contributed by atoms with Crippen LogP contribution in [0.2, 0.25) is 0 Å². The fraction of sp³-hybridized carbons (Fsp3) is 0.667. The molecule has 0 unspecified atom stereocenters. The third-order valence-corrected chi connectivity index (χ3v) is 3.22. The summed E-state index contributed by atoms with van der Waals surface area (Å²) in [6.07, 6.45) is -1.15. The van der Waals surface area contributed by atoms with Crippen molar-refractivity contribution in [1.29, 1.82) is 0 Å². The molecule has 2 rings (SSSR count). The summed E-state index contributed by atoms with van der Waals surface area (Å²) in [6, 6.07) is 0.167. The molecule has 0 N–H and O–H groups in total. The highest BCUT2D eigenvalue weighted by atomic mass is 19.3. The van der Waals surface area contributed by atoms with Crippen molar-refractivity contribution < 1.29 is 23.1 Å². The minimum atomic E-state index is -2.97. The summed E-state index contributed by atoms with van der Waals surface area (Å²) in [6.45, 7) is 1.22. The van der Waals surface area contributed by atoms with Crippen molar-refractivity contribution in [3.05, 3.63) is 11.4 Å². The molecule has 0 atom stereocenters. The van der Waals surface area contributed by atoms with E-state index in [1.165, 1.54) is 4.90 Å². The van der Waals surface area contributed by atoms with Crippen LogP contribution in [-0.4, -0.2) is 51.5 Å². The van der Waals surface area contributed by atoms with Crippen molar-refractivity contribution in [2.45, 2.75) is 38.8 Å². The van der Waals surface area contributed by atoms with Crippen molar-refractivity contribution in [3.63, 3.8) is 0 Å². The summed E-state index contributed by atoms with van der Waals surface area (Å²) in [5.41, 5.74) is -1.24. The Morgan fingerprint density at radius 2 is 2.14 bits per heavy atom. The van der Waals surface area contributed by atoms with E-state index in [1.54, 1.807) is 14.0 Å². The first-order valence-corrected chi connectivity index (χ1v) is 6.60. The first-order chi connectivity index (χ1) is 9.95. The number of amides is 1. The number of esters is 1. The predicted octanol–water partition coefficient (Wildman–Crippen LogP) is 1.01. The van der Waals surface area contributed by atoms with Crippen LogP contribution in [0.15, 0.2) is 0 Å². The van der Waals surface area contributed by atoms with Gasteiger partial charge in [0.1, 0.15) is 12.2 Å². The van der Waals surface area contributed by atoms with E-state index in [2.05, 4.69) is 15.0 Å². The number of nitrogens with zero attached hydrogens (tertiary/aromatic N) is 4. The largest absolute Gasteiger partial charge is 0.461 e. The second-order valence-electron chi connectivity index (χ2n) is 4.74. The van der Waals surface area contributed by atoms with Gasteiger partial charge in [-0.1, -0.05) is 5.21 Å². The maximum atomic E-state index is 13.1. The maximum absolute atomic E-state index is 13.1. The van der Waals surface area contributed by atoms with Gasteiger partial charge in [0.2, 0.25) is 5.91 Å². The SMILES string of the molecule is CCOC(=O)c1nnn(CC(=O)N(C)C2CC2)c1C(F)F. The molecule has 116 valence electrons. The summed E-state index contributed by atoms with van der Waals surface area (Å²) in [7, 11) is 1.62. The Balaban J connectivity index is 2.19. The molecule has 7 nitrogen and oxygen atoms in total. The summed E-state index contributed by atoms with van der Waals surface area (Å²) >= 11 is 0. The molecule has 1 aromatic rings. The van der Waals surface area contributed by atoms with Gasteiger partial charge >= 0.3 is 5.97 Å². The fourth-order valence-electron chi connectivity index (χ4n) is 1.90. The number of hydrogen-bond acceptors (Lipinski definition) is 5. The van der Waals surface area contributed by atoms with Crippen LogP contribution < -0.4 is 0 Å². The van der Waals surface area contributed by atoms with Gasteiger partial charge in [-0.25, -0.2) is 18.3 Å². The lowest BCUT2D eigenvalue weighted by atomic mass is 10.3. The highest BCUT2D eigenvalue weighted by Gasteiger charge is 2.32. The van der Waals surface area contributed by atoms with Crippen LogP contribution in [0, 0.1) is 0 Å². The van der Waals surface area contributed by atoms with Crippen molar-refractivity contribution >= 4 is 11.9 Å². The summed E-state index contributed by atoms with van der Waals surface area (Å²) < 4.78 is 31.6. The van der Waals surface area contributed by atoms with Gasteiger partial charge in [-0.15, -0.1) is 5.10 Å². The number of alkyl halides is 2. The summed E-state index contributed by atoms with van der Waals surface area (Å²) in [5, 5.41) is 6.90. The zero-order valence-electron chi connectivity index (χ0n) is 11.8. The Labute approximate surface area is 119 Å². The molecule has 0 aliphatic heterocycles. The Morgan fingerprint density at radius 1 is 1.48 bits per heavy atom. The molecule has 1 aliphatic rings. The zero-order valence-corrected chi connectivity index (χ0v) is 11.8. The molecule has 1 saturated carbocycles. The number of carbonyl (C=O) groups excluding carboxylic acids is 2. The van der Waals surface area contributed by atoms with Crippen molar-refractivity contribution in [1.82, 2.24) is 19.9 Å². The molecule has 21 heavy (non-hydrogen) atoms. The standard InChI is InChI=1S/C12H16F2N4O3/c1-3-21-12(20)9-10(11(13)14)18(16-15-9)6-8(19)17(2)7-4-5-7/h7,11H,3-6H2,1-2H3. The zero-order chi connectivity index (χ0) is 15.6. The first kappa shape index (κ1) is 15.3. The second kappa shape index (κ2) is 6.15. The molecule has 1 aliphatic carbocycles. The van der Waals surface area contributed by atoms with E-state index in [4.69, 9.17) is 0 Å². The fourth-order valence-corrected chi connectivity index (χ4v) is 1.90. The second-order valence-corrected chi connectivity index (χ2v) is 4.74. The molecule has 9 heteroatoms. The lowest BCUT2D eigenvalue weighted by Crippen LogP contribution is -2.32. The smallest absolute Gasteiger partial charge is 0.361 e. The van der Waals surface area contributed by atoms with Crippen LogP contribution in [0.5, 0.6) is 0 Å². The highest BCUT2D eigenvalue weighted by Crippen LogP contribution is 2.26. The van der Waals surface area contributed by atoms with Crippen LogP contribution in [0.1, 0.15) is 42.4 Å². The van der Waals surface area contributed by atoms with E-state index < -0.39 is 23.8 Å². The van der Waals surface area contributed by atoms with Crippen LogP contribution in [0.25, 0.3) is 0 Å². The van der Waals surface area contributed by atoms with Gasteiger partial charge in [0.15, 0.2) is 5.69 Å². The number of carbonyl (C=O) groups is 2. The van der Waals surface area contributed by atoms with Gasteiger partial charge in [0, 0.05) is 13.1 Å². The molecular weight excluding hydrogens is 286 g/mol. The summed E-state index contributed by atoms with van der Waals surface area (Å²) in [5.74, 6) is -1.32. The molecule has 1 aromatic heterocycles. The molecule has 0 radical (unpaired) electrons. The van der Waals surface area contributed by atoms with E-state index in [1.807, 2.05) is 0 Å². The van der Waals surface area contributed by atoms with Crippen LogP contribution in [0.4, 0.5) is 8.78 Å². The lowest BCUT2D eigenvalue weighted by Gasteiger charge is -2.16. The Kier molecular flexibility index (Phi) is 4.49. The van der Waals surface area contributed by atoms with E-state index >= 15 is 0 Å². The van der Waals surface area contributed by atoms with Crippen LogP contribution >= 0.6 is 0 Å². The highest BCUT2D eigenvalue weighted by molar-refractivity contribution is 5.88. The van der Waals surface area contributed by atoms with Crippen LogP contribution in [-0.2, 0) is 16.1 Å². The number of rotatable bonds is 6. The Morgan fingerprint density at radius 3 is 2.67 bits per heavy atom. The third-order valence-electron chi connectivity index (χ3n) is 3.22. The third kappa shape index (κ3) is 3.34. The van der Waals surface area contributed by atoms with Gasteiger partial charge in [-0.3, -0.25) is 4.79 Å². The lowest BCUT2D eigenvalue weighted by molar-refractivity contribution is -0.131. The number of aromatic nitrogens is 3. The monoisotopic (exact) mass is 302 g/mol. The molecule has 1 amide bonds. The quantitative estimate of drug-likeness (QED) is 0.733. The van der Waals surface area contributed by atoms with Crippen molar-refractivity contribution in [2.24, 2.45) is 0 Å². The van der Waals surface area contributed by atoms with Crippen molar-refractivity contribution in [2.75, 3.05) is 13.7 Å². The Bertz CT molecular complexity index is 543. The molecular formula is C12H16F2N4O3. The van der Waals surface area contributed by atoms with E-state index in [9.17, 15) is 18.4 Å². The van der Waals surface area contributed by atoms with E-state index in [0.717, 1.165) is 17.5 Å². The van der Waals surface area contributed by atoms with Crippen molar-refractivity contribution in [3.8, 4) is 0 Å². The molecule has 0 spiro atoms. The number of halogens is 2. The maximum Gasteiger partial charge on any atom is 0.361 e.